The normalized spacial score (nSPS) is 11.4. The van der Waals surface area contributed by atoms with Gasteiger partial charge in [0.2, 0.25) is 0 Å². The summed E-state index contributed by atoms with van der Waals surface area (Å²) in [6.07, 6.45) is 15.8. The maximum absolute atomic E-state index is 3.47. The van der Waals surface area contributed by atoms with E-state index in [-0.39, 0.29) is 0 Å². The third-order valence-corrected chi connectivity index (χ3v) is 4.50. The molecule has 0 fully saturated rings. The fraction of sp³-hybridized carbons (Fsp3) is 0.800. The van der Waals surface area contributed by atoms with Gasteiger partial charge in [-0.05, 0) is 39.2 Å². The Morgan fingerprint density at radius 2 is 1.53 bits per heavy atom. The summed E-state index contributed by atoms with van der Waals surface area (Å²) in [5, 5.41) is 1.60. The van der Waals surface area contributed by atoms with Crippen LogP contribution in [0.5, 0.6) is 0 Å². The molecule has 0 aliphatic heterocycles. The van der Waals surface area contributed by atoms with Crippen LogP contribution in [0.25, 0.3) is 0 Å². The van der Waals surface area contributed by atoms with Crippen molar-refractivity contribution < 1.29 is 0 Å². The Hall–Kier alpha value is -0.290. The van der Waals surface area contributed by atoms with Gasteiger partial charge in [0.1, 0.15) is 0 Å². The predicted octanol–water partition coefficient (Wildman–Crippen LogP) is 5.84. The van der Waals surface area contributed by atoms with Crippen LogP contribution in [0, 0.1) is 0 Å². The van der Waals surface area contributed by atoms with Gasteiger partial charge in [-0.3, -0.25) is 0 Å². The Morgan fingerprint density at radius 1 is 0.882 bits per heavy atom. The maximum Gasteiger partial charge on any atom is 0.0427 e. The van der Waals surface area contributed by atoms with E-state index in [1.807, 2.05) is 0 Å². The van der Waals surface area contributed by atoms with Gasteiger partial charge in [0, 0.05) is 11.6 Å². The molecule has 0 aliphatic rings. The fourth-order valence-electron chi connectivity index (χ4n) is 2.11. The summed E-state index contributed by atoms with van der Waals surface area (Å²) in [4.78, 5) is 3.47. The highest BCUT2D eigenvalue weighted by molar-refractivity contribution is 7.31. The van der Waals surface area contributed by atoms with E-state index in [1.165, 1.54) is 77.8 Å². The van der Waals surface area contributed by atoms with E-state index in [0.717, 1.165) is 0 Å². The molecular weight excluding hydrogens is 225 g/mol. The van der Waals surface area contributed by atoms with Crippen LogP contribution in [-0.2, 0) is 12.8 Å². The van der Waals surface area contributed by atoms with Gasteiger partial charge in [0.15, 0.2) is 0 Å². The Morgan fingerprint density at radius 3 is 2.18 bits per heavy atom. The summed E-state index contributed by atoms with van der Waals surface area (Å²) < 4.78 is 0. The van der Waals surface area contributed by atoms with Gasteiger partial charge in [-0.25, -0.2) is 0 Å². The minimum absolute atomic E-state index is 1.27. The lowest BCUT2D eigenvalue weighted by Crippen LogP contribution is -1.82. The number of aryl methyl sites for hydroxylation is 2. The highest BCUT2D eigenvalue weighted by Gasteiger charge is 2.00. The second kappa shape index (κ2) is 9.71. The highest BCUT2D eigenvalue weighted by atomic mass is 31.0. The smallest absolute Gasteiger partial charge is 0.0427 e. The van der Waals surface area contributed by atoms with Crippen molar-refractivity contribution >= 4 is 8.19 Å². The van der Waals surface area contributed by atoms with Crippen molar-refractivity contribution in [1.82, 2.24) is 4.98 Å². The Bertz CT molecular complexity index is 254. The van der Waals surface area contributed by atoms with E-state index >= 15 is 0 Å². The molecule has 1 heterocycles. The molecule has 1 nitrogen and oxygen atoms in total. The Kier molecular flexibility index (Phi) is 8.44. The van der Waals surface area contributed by atoms with Crippen molar-refractivity contribution in [3.63, 3.8) is 0 Å². The molecule has 0 saturated heterocycles. The fourth-order valence-corrected chi connectivity index (χ4v) is 3.26. The van der Waals surface area contributed by atoms with Gasteiger partial charge < -0.3 is 4.98 Å². The van der Waals surface area contributed by atoms with Crippen molar-refractivity contribution in [2.45, 2.75) is 78.1 Å². The van der Waals surface area contributed by atoms with Crippen LogP contribution >= 0.6 is 8.19 Å². The van der Waals surface area contributed by atoms with Gasteiger partial charge in [-0.15, -0.1) is 0 Å². The summed E-state index contributed by atoms with van der Waals surface area (Å²) in [5.74, 6) is 0. The van der Waals surface area contributed by atoms with Crippen LogP contribution in [0.15, 0.2) is 6.20 Å². The monoisotopic (exact) mass is 253 g/mol. The van der Waals surface area contributed by atoms with Crippen LogP contribution in [0.3, 0.4) is 0 Å². The lowest BCUT2D eigenvalue weighted by Gasteiger charge is -1.97. The van der Waals surface area contributed by atoms with E-state index in [0.29, 0.717) is 0 Å². The number of H-pyrrole nitrogens is 1. The van der Waals surface area contributed by atoms with Gasteiger partial charge >= 0.3 is 0 Å². The third-order valence-electron chi connectivity index (χ3n) is 3.24. The largest absolute Gasteiger partial charge is 0.361 e. The quantitative estimate of drug-likeness (QED) is 0.504. The van der Waals surface area contributed by atoms with Crippen molar-refractivity contribution in [1.29, 1.82) is 0 Å². The number of hydrogen-bond donors (Lipinski definition) is 1. The molecule has 0 aliphatic carbocycles. The Labute approximate surface area is 109 Å². The van der Waals surface area contributed by atoms with Crippen molar-refractivity contribution in [2.75, 3.05) is 0 Å². The molecule has 1 N–H and O–H groups in total. The Balaban J connectivity index is 2.14. The second-order valence-electron chi connectivity index (χ2n) is 4.96. The van der Waals surface area contributed by atoms with E-state index in [1.54, 1.807) is 5.30 Å². The zero-order valence-electron chi connectivity index (χ0n) is 11.6. The predicted molar refractivity (Wildman–Crippen MR) is 79.0 cm³/mol. The topological polar surface area (TPSA) is 15.8 Å². The molecule has 1 aromatic heterocycles. The lowest BCUT2D eigenvalue weighted by molar-refractivity contribution is 0.665. The van der Waals surface area contributed by atoms with Crippen LogP contribution in [-0.4, -0.2) is 4.98 Å². The van der Waals surface area contributed by atoms with E-state index in [4.69, 9.17) is 0 Å². The van der Waals surface area contributed by atoms with E-state index in [2.05, 4.69) is 25.0 Å². The average molecular weight is 253 g/mol. The molecule has 0 spiro atoms. The summed E-state index contributed by atoms with van der Waals surface area (Å²) in [5.41, 5.74) is 1.53. The first kappa shape index (κ1) is 14.8. The second-order valence-corrected chi connectivity index (χ2v) is 6.30. The van der Waals surface area contributed by atoms with Gasteiger partial charge in [0.05, 0.1) is 0 Å². The molecule has 0 radical (unpaired) electrons. The first-order chi connectivity index (χ1) is 8.36. The first-order valence-electron chi connectivity index (χ1n) is 7.40. The molecular formula is C15H28NP. The molecule has 2 heteroatoms. The van der Waals surface area contributed by atoms with Gasteiger partial charge in [-0.1, -0.05) is 52.4 Å². The molecule has 0 bridgehead atoms. The molecule has 0 unspecified atom stereocenters. The van der Waals surface area contributed by atoms with Gasteiger partial charge in [0.25, 0.3) is 0 Å². The maximum atomic E-state index is 3.47. The number of hydrogen-bond acceptors (Lipinski definition) is 0. The molecule has 1 aromatic rings. The summed E-state index contributed by atoms with van der Waals surface area (Å²) >= 11 is 0. The molecule has 0 saturated carbocycles. The van der Waals surface area contributed by atoms with Crippen LogP contribution in [0.1, 0.15) is 75.9 Å². The third kappa shape index (κ3) is 6.88. The number of nitrogens with one attached hydrogen (secondary N) is 1. The number of unbranched alkanes of at least 4 members (excludes halogenated alkanes) is 6. The summed E-state index contributed by atoms with van der Waals surface area (Å²) in [6.45, 7) is 4.55. The first-order valence-corrected chi connectivity index (χ1v) is 8.29. The minimum Gasteiger partial charge on any atom is -0.361 e. The highest BCUT2D eigenvalue weighted by Crippen LogP contribution is 2.23. The summed E-state index contributed by atoms with van der Waals surface area (Å²) in [6, 6.07) is 0. The zero-order chi connectivity index (χ0) is 12.3. The zero-order valence-corrected chi connectivity index (χ0v) is 12.5. The van der Waals surface area contributed by atoms with Crippen LogP contribution < -0.4 is 0 Å². The lowest BCUT2D eigenvalue weighted by atomic mass is 10.1. The molecule has 0 amide bonds. The van der Waals surface area contributed by atoms with Crippen LogP contribution in [0.4, 0.5) is 0 Å². The number of rotatable bonds is 10. The van der Waals surface area contributed by atoms with Crippen LogP contribution in [0.2, 0.25) is 0 Å². The van der Waals surface area contributed by atoms with E-state index < -0.39 is 0 Å². The average Bonchev–Trinajstić information content (AvgIpc) is 2.78. The molecule has 17 heavy (non-hydrogen) atoms. The van der Waals surface area contributed by atoms with Crippen molar-refractivity contribution in [3.05, 3.63) is 16.9 Å². The molecule has 1 rings (SSSR count). The van der Waals surface area contributed by atoms with Gasteiger partial charge in [-0.2, -0.15) is 0 Å². The van der Waals surface area contributed by atoms with Crippen molar-refractivity contribution in [2.24, 2.45) is 0 Å². The minimum atomic E-state index is 1.27. The van der Waals surface area contributed by atoms with E-state index in [9.17, 15) is 0 Å². The molecule has 0 atom stereocenters. The molecule has 0 aromatic carbocycles. The number of aromatic nitrogens is 1. The number of aromatic amines is 1. The molecule has 98 valence electrons. The standard InChI is InChI=1S/C15H28NP/c1-3-5-7-9-11-14-13-16-15(17-14)12-10-8-6-4-2/h13,16H,3-12H2,1-2H3. The summed E-state index contributed by atoms with van der Waals surface area (Å²) in [7, 11) is 1.49. The SMILES string of the molecule is CCCCCCc1c[nH]c(CCCCCC)p1. The van der Waals surface area contributed by atoms with Crippen molar-refractivity contribution in [3.8, 4) is 0 Å².